The van der Waals surface area contributed by atoms with Crippen LogP contribution in [0.3, 0.4) is 0 Å². The van der Waals surface area contributed by atoms with Gasteiger partial charge in [-0.05, 0) is 0 Å². The van der Waals surface area contributed by atoms with Gasteiger partial charge in [-0.2, -0.15) is 0 Å². The lowest BCUT2D eigenvalue weighted by Crippen LogP contribution is -2.31. The van der Waals surface area contributed by atoms with Gasteiger partial charge >= 0.3 is 5.97 Å². The van der Waals surface area contributed by atoms with E-state index in [1.54, 1.807) is 0 Å². The maximum atomic E-state index is 11.3. The molecule has 1 amide bonds. The van der Waals surface area contributed by atoms with Crippen molar-refractivity contribution in [3.8, 4) is 0 Å². The van der Waals surface area contributed by atoms with E-state index in [4.69, 9.17) is 5.11 Å². The van der Waals surface area contributed by atoms with E-state index in [9.17, 15) is 13.8 Å². The number of hydrogen-bond acceptors (Lipinski definition) is 3. The van der Waals surface area contributed by atoms with Crippen LogP contribution in [0.5, 0.6) is 0 Å². The Hall–Kier alpha value is -1.17. The molecule has 2 unspecified atom stereocenters. The fraction of sp³-hybridized carbons (Fsp3) is 0.429. The lowest BCUT2D eigenvalue weighted by Gasteiger charge is -2.15. The van der Waals surface area contributed by atoms with Crippen molar-refractivity contribution in [3.63, 3.8) is 0 Å². The van der Waals surface area contributed by atoms with Gasteiger partial charge in [-0.1, -0.05) is 6.08 Å². The summed E-state index contributed by atoms with van der Waals surface area (Å²) in [7, 11) is -1.23. The van der Waals surface area contributed by atoms with Crippen LogP contribution in [0.25, 0.3) is 0 Å². The molecule has 13 heavy (non-hydrogen) atoms. The normalized spacial score (nSPS) is 31.8. The van der Waals surface area contributed by atoms with Gasteiger partial charge in [0.2, 0.25) is 5.91 Å². The molecule has 6 heteroatoms. The number of carbonyl (C=O) groups excluding carboxylic acids is 1. The second-order valence-electron chi connectivity index (χ2n) is 2.87. The molecule has 2 atom stereocenters. The summed E-state index contributed by atoms with van der Waals surface area (Å²) in [5, 5.41) is 8.27. The van der Waals surface area contributed by atoms with E-state index in [1.165, 1.54) is 6.08 Å². The van der Waals surface area contributed by atoms with Gasteiger partial charge in [-0.15, -0.1) is 0 Å². The maximum Gasteiger partial charge on any atom is 0.352 e. The third-order valence-corrected chi connectivity index (χ3v) is 3.66. The van der Waals surface area contributed by atoms with Crippen LogP contribution >= 0.6 is 0 Å². The van der Waals surface area contributed by atoms with E-state index in [1.807, 2.05) is 0 Å². The molecule has 0 spiro atoms. The van der Waals surface area contributed by atoms with Crippen LogP contribution in [0.15, 0.2) is 11.8 Å². The van der Waals surface area contributed by atoms with Crippen molar-refractivity contribution >= 4 is 22.7 Å². The highest BCUT2D eigenvalue weighted by atomic mass is 32.2. The van der Waals surface area contributed by atoms with Crippen molar-refractivity contribution in [2.45, 2.75) is 11.8 Å². The number of amides is 1. The van der Waals surface area contributed by atoms with Crippen molar-refractivity contribution in [2.75, 3.05) is 5.75 Å². The minimum Gasteiger partial charge on any atom is -0.477 e. The van der Waals surface area contributed by atoms with Gasteiger partial charge in [-0.3, -0.25) is 13.9 Å². The molecule has 0 saturated carbocycles. The number of aliphatic carboxylic acids is 1. The Morgan fingerprint density at radius 1 is 1.69 bits per heavy atom. The van der Waals surface area contributed by atoms with Crippen LogP contribution in [-0.4, -0.2) is 37.2 Å². The zero-order valence-electron chi connectivity index (χ0n) is 6.60. The quantitative estimate of drug-likeness (QED) is 0.607. The molecule has 2 aliphatic rings. The Bertz CT molecular complexity index is 348. The molecule has 1 N–H and O–H groups in total. The van der Waals surface area contributed by atoms with Crippen LogP contribution in [0.1, 0.15) is 6.42 Å². The van der Waals surface area contributed by atoms with Gasteiger partial charge in [-0.25, -0.2) is 4.79 Å². The highest BCUT2D eigenvalue weighted by molar-refractivity contribution is 7.86. The van der Waals surface area contributed by atoms with Crippen LogP contribution in [0.4, 0.5) is 0 Å². The summed E-state index contributed by atoms with van der Waals surface area (Å²) < 4.78 is 11.3. The molecular formula is C7H7NO4S. The second-order valence-corrected chi connectivity index (χ2v) is 4.47. The zero-order chi connectivity index (χ0) is 9.59. The summed E-state index contributed by atoms with van der Waals surface area (Å²) >= 11 is 0. The van der Waals surface area contributed by atoms with E-state index in [2.05, 4.69) is 0 Å². The van der Waals surface area contributed by atoms with E-state index < -0.39 is 22.1 Å². The monoisotopic (exact) mass is 201 g/mol. The Kier molecular flexibility index (Phi) is 1.73. The van der Waals surface area contributed by atoms with E-state index in [0.717, 1.165) is 4.90 Å². The molecule has 0 aromatic rings. The predicted molar refractivity (Wildman–Crippen MR) is 44.0 cm³/mol. The topological polar surface area (TPSA) is 74.7 Å². The molecule has 0 aromatic carbocycles. The average Bonchev–Trinajstić information content (AvgIpc) is 2.55. The fourth-order valence-electron chi connectivity index (χ4n) is 1.57. The number of carbonyl (C=O) groups is 2. The minimum absolute atomic E-state index is 0.0270. The number of carboxylic acids is 1. The molecule has 0 bridgehead atoms. The first-order valence-electron chi connectivity index (χ1n) is 3.74. The van der Waals surface area contributed by atoms with E-state index >= 15 is 0 Å². The molecule has 5 nitrogen and oxygen atoms in total. The van der Waals surface area contributed by atoms with Gasteiger partial charge < -0.3 is 5.11 Å². The molecule has 70 valence electrons. The lowest BCUT2D eigenvalue weighted by atomic mass is 10.4. The molecule has 0 radical (unpaired) electrons. The molecule has 2 aliphatic heterocycles. The summed E-state index contributed by atoms with van der Waals surface area (Å²) in [4.78, 5) is 23.0. The molecular weight excluding hydrogens is 194 g/mol. The number of rotatable bonds is 1. The molecule has 2 rings (SSSR count). The smallest absolute Gasteiger partial charge is 0.352 e. The zero-order valence-corrected chi connectivity index (χ0v) is 7.41. The predicted octanol–water partition coefficient (Wildman–Crippen LogP) is -0.724. The number of nitrogens with zero attached hydrogens (tertiary/aromatic N) is 1. The first-order valence-corrected chi connectivity index (χ1v) is 5.12. The van der Waals surface area contributed by atoms with Crippen molar-refractivity contribution in [3.05, 3.63) is 11.8 Å². The van der Waals surface area contributed by atoms with Gasteiger partial charge in [0.25, 0.3) is 0 Å². The first-order chi connectivity index (χ1) is 6.11. The SMILES string of the molecule is O=C(O)C1=CCC2N1C(=O)CS2=O. The van der Waals surface area contributed by atoms with E-state index in [-0.39, 0.29) is 17.4 Å². The third kappa shape index (κ3) is 1.09. The molecule has 1 saturated heterocycles. The summed E-state index contributed by atoms with van der Waals surface area (Å²) in [6.07, 6.45) is 1.84. The minimum atomic E-state index is -1.23. The van der Waals surface area contributed by atoms with Gasteiger partial charge in [0, 0.05) is 6.42 Å². The summed E-state index contributed by atoms with van der Waals surface area (Å²) in [5.41, 5.74) is -0.0270. The van der Waals surface area contributed by atoms with Crippen molar-refractivity contribution in [1.29, 1.82) is 0 Å². The fourth-order valence-corrected chi connectivity index (χ4v) is 2.92. The van der Waals surface area contributed by atoms with Crippen LogP contribution in [-0.2, 0) is 20.4 Å². The molecule has 0 aromatic heterocycles. The standard InChI is InChI=1S/C7H7NO4S/c9-5-3-13(12)6-2-1-4(7(10)11)8(5)6/h1,6H,2-3H2,(H,10,11). The summed E-state index contributed by atoms with van der Waals surface area (Å²) in [5.74, 6) is -1.53. The van der Waals surface area contributed by atoms with E-state index in [0.29, 0.717) is 6.42 Å². The number of carboxylic acid groups (broad SMARTS) is 1. The molecule has 1 fully saturated rings. The van der Waals surface area contributed by atoms with Gasteiger partial charge in [0.15, 0.2) is 0 Å². The van der Waals surface area contributed by atoms with Gasteiger partial charge in [0.05, 0.1) is 10.8 Å². The second kappa shape index (κ2) is 2.66. The molecule has 2 heterocycles. The van der Waals surface area contributed by atoms with Gasteiger partial charge in [0.1, 0.15) is 16.8 Å². The Labute approximate surface area is 76.5 Å². The summed E-state index contributed by atoms with van der Waals surface area (Å²) in [6.45, 7) is 0. The summed E-state index contributed by atoms with van der Waals surface area (Å²) in [6, 6.07) is 0. The third-order valence-electron chi connectivity index (χ3n) is 2.12. The highest BCUT2D eigenvalue weighted by Gasteiger charge is 2.44. The average molecular weight is 201 g/mol. The first kappa shape index (κ1) is 8.43. The highest BCUT2D eigenvalue weighted by Crippen LogP contribution is 2.29. The van der Waals surface area contributed by atoms with Crippen LogP contribution < -0.4 is 0 Å². The van der Waals surface area contributed by atoms with Crippen molar-refractivity contribution in [1.82, 2.24) is 4.90 Å². The molecule has 0 aliphatic carbocycles. The van der Waals surface area contributed by atoms with Crippen LogP contribution in [0.2, 0.25) is 0 Å². The maximum absolute atomic E-state index is 11.3. The number of hydrogen-bond donors (Lipinski definition) is 1. The lowest BCUT2D eigenvalue weighted by molar-refractivity contribution is -0.138. The Morgan fingerprint density at radius 2 is 2.38 bits per heavy atom. The Balaban J connectivity index is 2.34. The Morgan fingerprint density at radius 3 is 3.00 bits per heavy atom. The largest absolute Gasteiger partial charge is 0.477 e. The van der Waals surface area contributed by atoms with Crippen LogP contribution in [0, 0.1) is 0 Å². The van der Waals surface area contributed by atoms with Crippen molar-refractivity contribution < 1.29 is 18.9 Å². The number of fused-ring (bicyclic) bond motifs is 1. The van der Waals surface area contributed by atoms with Crippen molar-refractivity contribution in [2.24, 2.45) is 0 Å².